The topological polar surface area (TPSA) is 32.3 Å². The Morgan fingerprint density at radius 2 is 2.32 bits per heavy atom. The SMILES string of the molecule is CNCC1CCCN(C(=O)c2ccc(C)c(F)c2)C1. The molecule has 0 aromatic heterocycles. The van der Waals surface area contributed by atoms with Gasteiger partial charge in [-0.3, -0.25) is 4.79 Å². The van der Waals surface area contributed by atoms with E-state index in [-0.39, 0.29) is 11.7 Å². The van der Waals surface area contributed by atoms with E-state index in [9.17, 15) is 9.18 Å². The summed E-state index contributed by atoms with van der Waals surface area (Å²) in [6, 6.07) is 4.72. The summed E-state index contributed by atoms with van der Waals surface area (Å²) in [6.07, 6.45) is 2.17. The van der Waals surface area contributed by atoms with Gasteiger partial charge in [0.25, 0.3) is 5.91 Å². The van der Waals surface area contributed by atoms with Gasteiger partial charge in [-0.2, -0.15) is 0 Å². The van der Waals surface area contributed by atoms with Gasteiger partial charge in [-0.25, -0.2) is 4.39 Å². The summed E-state index contributed by atoms with van der Waals surface area (Å²) in [5.74, 6) is 0.132. The average molecular weight is 264 g/mol. The van der Waals surface area contributed by atoms with Gasteiger partial charge in [-0.05, 0) is 57.0 Å². The number of benzene rings is 1. The molecule has 1 amide bonds. The van der Waals surface area contributed by atoms with E-state index in [1.807, 2.05) is 11.9 Å². The molecule has 1 aromatic rings. The summed E-state index contributed by atoms with van der Waals surface area (Å²) >= 11 is 0. The second-order valence-electron chi connectivity index (χ2n) is 5.28. The Labute approximate surface area is 113 Å². The minimum absolute atomic E-state index is 0.0558. The van der Waals surface area contributed by atoms with Gasteiger partial charge in [0, 0.05) is 18.7 Å². The van der Waals surface area contributed by atoms with Crippen molar-refractivity contribution in [2.24, 2.45) is 5.92 Å². The van der Waals surface area contributed by atoms with Crippen molar-refractivity contribution in [3.8, 4) is 0 Å². The fraction of sp³-hybridized carbons (Fsp3) is 0.533. The van der Waals surface area contributed by atoms with E-state index in [1.165, 1.54) is 6.07 Å². The van der Waals surface area contributed by atoms with E-state index in [2.05, 4.69) is 5.32 Å². The molecule has 1 unspecified atom stereocenters. The molecule has 1 atom stereocenters. The molecule has 1 fully saturated rings. The number of carbonyl (C=O) groups excluding carboxylic acids is 1. The van der Waals surface area contributed by atoms with Gasteiger partial charge in [-0.1, -0.05) is 6.07 Å². The van der Waals surface area contributed by atoms with E-state index >= 15 is 0 Å². The number of carbonyl (C=O) groups is 1. The summed E-state index contributed by atoms with van der Waals surface area (Å²) in [4.78, 5) is 14.2. The van der Waals surface area contributed by atoms with Crippen molar-refractivity contribution in [2.45, 2.75) is 19.8 Å². The Morgan fingerprint density at radius 3 is 3.00 bits per heavy atom. The molecule has 0 bridgehead atoms. The molecule has 1 N–H and O–H groups in total. The van der Waals surface area contributed by atoms with Gasteiger partial charge in [0.15, 0.2) is 0 Å². The molecule has 0 aliphatic carbocycles. The molecule has 19 heavy (non-hydrogen) atoms. The summed E-state index contributed by atoms with van der Waals surface area (Å²) in [5.41, 5.74) is 1.02. The Hall–Kier alpha value is -1.42. The van der Waals surface area contributed by atoms with Crippen molar-refractivity contribution in [1.82, 2.24) is 10.2 Å². The molecule has 1 saturated heterocycles. The molecular formula is C15H21FN2O. The van der Waals surface area contributed by atoms with Crippen LogP contribution in [0, 0.1) is 18.7 Å². The lowest BCUT2D eigenvalue weighted by atomic mass is 9.97. The third kappa shape index (κ3) is 3.32. The largest absolute Gasteiger partial charge is 0.338 e. The maximum atomic E-state index is 13.5. The standard InChI is InChI=1S/C15H21FN2O/c1-11-5-6-13(8-14(11)16)15(19)18-7-3-4-12(10-18)9-17-2/h5-6,8,12,17H,3-4,7,9-10H2,1-2H3. The lowest BCUT2D eigenvalue weighted by Crippen LogP contribution is -2.42. The van der Waals surface area contributed by atoms with Crippen molar-refractivity contribution in [3.63, 3.8) is 0 Å². The second-order valence-corrected chi connectivity index (χ2v) is 5.28. The number of halogens is 1. The minimum Gasteiger partial charge on any atom is -0.338 e. The minimum atomic E-state index is -0.311. The summed E-state index contributed by atoms with van der Waals surface area (Å²) in [6.45, 7) is 4.16. The van der Waals surface area contributed by atoms with Crippen LogP contribution >= 0.6 is 0 Å². The smallest absolute Gasteiger partial charge is 0.253 e. The monoisotopic (exact) mass is 264 g/mol. The van der Waals surface area contributed by atoms with E-state index < -0.39 is 0 Å². The van der Waals surface area contributed by atoms with Crippen molar-refractivity contribution in [2.75, 3.05) is 26.7 Å². The summed E-state index contributed by atoms with van der Waals surface area (Å²) in [7, 11) is 1.93. The first kappa shape index (κ1) is 14.0. The molecule has 1 aromatic carbocycles. The normalized spacial score (nSPS) is 19.5. The molecule has 0 radical (unpaired) electrons. The lowest BCUT2D eigenvalue weighted by molar-refractivity contribution is 0.0674. The molecular weight excluding hydrogens is 243 g/mol. The van der Waals surface area contributed by atoms with E-state index in [4.69, 9.17) is 0 Å². The van der Waals surface area contributed by atoms with Crippen LogP contribution < -0.4 is 5.32 Å². The predicted octanol–water partition coefficient (Wildman–Crippen LogP) is 2.21. The van der Waals surface area contributed by atoms with E-state index in [0.717, 1.165) is 32.5 Å². The van der Waals surface area contributed by atoms with E-state index in [1.54, 1.807) is 19.1 Å². The Morgan fingerprint density at radius 1 is 1.53 bits per heavy atom. The Bertz CT molecular complexity index is 459. The molecule has 3 nitrogen and oxygen atoms in total. The first-order valence-corrected chi connectivity index (χ1v) is 6.82. The fourth-order valence-electron chi connectivity index (χ4n) is 2.61. The zero-order chi connectivity index (χ0) is 13.8. The fourth-order valence-corrected chi connectivity index (χ4v) is 2.61. The van der Waals surface area contributed by atoms with Crippen molar-refractivity contribution in [1.29, 1.82) is 0 Å². The lowest BCUT2D eigenvalue weighted by Gasteiger charge is -2.32. The molecule has 2 rings (SSSR count). The van der Waals surface area contributed by atoms with Gasteiger partial charge in [0.1, 0.15) is 5.82 Å². The Kier molecular flexibility index (Phi) is 4.53. The highest BCUT2D eigenvalue weighted by atomic mass is 19.1. The summed E-state index contributed by atoms with van der Waals surface area (Å²) < 4.78 is 13.5. The number of hydrogen-bond acceptors (Lipinski definition) is 2. The number of amides is 1. The quantitative estimate of drug-likeness (QED) is 0.907. The van der Waals surface area contributed by atoms with Gasteiger partial charge in [0.2, 0.25) is 0 Å². The number of nitrogens with zero attached hydrogens (tertiary/aromatic N) is 1. The number of likely N-dealkylation sites (tertiary alicyclic amines) is 1. The van der Waals surface area contributed by atoms with E-state index in [0.29, 0.717) is 17.0 Å². The number of nitrogens with one attached hydrogen (secondary N) is 1. The predicted molar refractivity (Wildman–Crippen MR) is 73.7 cm³/mol. The maximum Gasteiger partial charge on any atom is 0.253 e. The van der Waals surface area contributed by atoms with Gasteiger partial charge >= 0.3 is 0 Å². The van der Waals surface area contributed by atoms with Crippen LogP contribution in [0.25, 0.3) is 0 Å². The van der Waals surface area contributed by atoms with Gasteiger partial charge in [-0.15, -0.1) is 0 Å². The van der Waals surface area contributed by atoms with Gasteiger partial charge < -0.3 is 10.2 Å². The zero-order valence-electron chi connectivity index (χ0n) is 11.6. The van der Waals surface area contributed by atoms with Crippen LogP contribution in [0.2, 0.25) is 0 Å². The summed E-state index contributed by atoms with van der Waals surface area (Å²) in [5, 5.41) is 3.16. The van der Waals surface area contributed by atoms with Crippen molar-refractivity contribution >= 4 is 5.91 Å². The highest BCUT2D eigenvalue weighted by molar-refractivity contribution is 5.94. The van der Waals surface area contributed by atoms with Crippen LogP contribution in [-0.4, -0.2) is 37.5 Å². The Balaban J connectivity index is 2.08. The molecule has 1 aliphatic rings. The van der Waals surface area contributed by atoms with Crippen LogP contribution in [0.3, 0.4) is 0 Å². The van der Waals surface area contributed by atoms with Crippen LogP contribution in [0.4, 0.5) is 4.39 Å². The van der Waals surface area contributed by atoms with Crippen LogP contribution in [-0.2, 0) is 0 Å². The third-order valence-electron chi connectivity index (χ3n) is 3.72. The molecule has 0 saturated carbocycles. The van der Waals surface area contributed by atoms with Gasteiger partial charge in [0.05, 0.1) is 0 Å². The molecule has 1 aliphatic heterocycles. The van der Waals surface area contributed by atoms with Crippen LogP contribution in [0.1, 0.15) is 28.8 Å². The second kappa shape index (κ2) is 6.15. The first-order chi connectivity index (χ1) is 9.11. The molecule has 104 valence electrons. The highest BCUT2D eigenvalue weighted by Gasteiger charge is 2.24. The maximum absolute atomic E-state index is 13.5. The van der Waals surface area contributed by atoms with Crippen LogP contribution in [0.15, 0.2) is 18.2 Å². The molecule has 1 heterocycles. The number of hydrogen-bond donors (Lipinski definition) is 1. The molecule has 4 heteroatoms. The highest BCUT2D eigenvalue weighted by Crippen LogP contribution is 2.19. The average Bonchev–Trinajstić information content (AvgIpc) is 2.42. The third-order valence-corrected chi connectivity index (χ3v) is 3.72. The molecule has 0 spiro atoms. The number of piperidine rings is 1. The van der Waals surface area contributed by atoms with Crippen LogP contribution in [0.5, 0.6) is 0 Å². The van der Waals surface area contributed by atoms with Crippen molar-refractivity contribution in [3.05, 3.63) is 35.1 Å². The zero-order valence-corrected chi connectivity index (χ0v) is 11.6. The van der Waals surface area contributed by atoms with Crippen molar-refractivity contribution < 1.29 is 9.18 Å². The number of aryl methyl sites for hydroxylation is 1. The first-order valence-electron chi connectivity index (χ1n) is 6.82. The number of rotatable bonds is 3.